The first-order valence-electron chi connectivity index (χ1n) is 9.39. The Morgan fingerprint density at radius 2 is 1.33 bits per heavy atom. The van der Waals surface area contributed by atoms with E-state index in [1.807, 2.05) is 35.7 Å². The van der Waals surface area contributed by atoms with Crippen molar-refractivity contribution >= 4 is 33.1 Å². The number of methoxy groups -OCH3 is 2. The summed E-state index contributed by atoms with van der Waals surface area (Å²) >= 11 is 1.60. The van der Waals surface area contributed by atoms with Gasteiger partial charge in [-0.25, -0.2) is 9.97 Å². The summed E-state index contributed by atoms with van der Waals surface area (Å²) in [6, 6.07) is 21.7. The molecule has 5 aromatic rings. The largest absolute Gasteiger partial charge is 0.496 e. The molecule has 0 aliphatic heterocycles. The Morgan fingerprint density at radius 3 is 1.93 bits per heavy atom. The minimum atomic E-state index is 0.440. The van der Waals surface area contributed by atoms with Gasteiger partial charge in [0.05, 0.1) is 30.1 Å². The van der Waals surface area contributed by atoms with Gasteiger partial charge in [0.2, 0.25) is 5.88 Å². The van der Waals surface area contributed by atoms with Gasteiger partial charge in [-0.3, -0.25) is 0 Å². The van der Waals surface area contributed by atoms with Crippen LogP contribution in [0.4, 0.5) is 0 Å². The number of rotatable bonds is 5. The second kappa shape index (κ2) is 7.65. The van der Waals surface area contributed by atoms with Gasteiger partial charge in [0.25, 0.3) is 0 Å². The van der Waals surface area contributed by atoms with Crippen LogP contribution in [0.25, 0.3) is 32.4 Å². The minimum absolute atomic E-state index is 0.440. The van der Waals surface area contributed by atoms with Crippen LogP contribution in [0.2, 0.25) is 0 Å². The number of nitrogens with zero attached hydrogens (tertiary/aromatic N) is 2. The topological polar surface area (TPSA) is 53.5 Å². The lowest BCUT2D eigenvalue weighted by atomic mass is 10.1. The molecule has 0 bridgehead atoms. The van der Waals surface area contributed by atoms with Crippen LogP contribution in [0, 0.1) is 0 Å². The molecule has 0 aliphatic carbocycles. The molecule has 0 amide bonds. The highest BCUT2D eigenvalue weighted by Gasteiger charge is 2.16. The zero-order valence-corrected chi connectivity index (χ0v) is 17.3. The van der Waals surface area contributed by atoms with Crippen molar-refractivity contribution in [2.24, 2.45) is 0 Å². The molecular formula is C24H18N2O3S. The third-order valence-electron chi connectivity index (χ3n) is 4.79. The van der Waals surface area contributed by atoms with Crippen LogP contribution in [0.5, 0.6) is 23.1 Å². The first-order chi connectivity index (χ1) is 14.7. The highest BCUT2D eigenvalue weighted by Crippen LogP contribution is 2.37. The van der Waals surface area contributed by atoms with Crippen LogP contribution in [-0.2, 0) is 0 Å². The normalized spacial score (nSPS) is 11.0. The quantitative estimate of drug-likeness (QED) is 0.315. The standard InChI is InChI=1S/C24H18N2O3S/c1-27-17-12-18(28-2)14-19(13-17)29-24-23(22-8-5-9-30-22)25-20-10-15-6-3-4-7-16(15)11-21(20)26-24/h3-14H,1-2H3. The third kappa shape index (κ3) is 3.42. The molecular weight excluding hydrogens is 396 g/mol. The second-order valence-electron chi connectivity index (χ2n) is 6.69. The lowest BCUT2D eigenvalue weighted by molar-refractivity contribution is 0.385. The van der Waals surface area contributed by atoms with E-state index in [2.05, 4.69) is 18.2 Å². The van der Waals surface area contributed by atoms with Crippen molar-refractivity contribution in [2.75, 3.05) is 14.2 Å². The molecule has 2 heterocycles. The maximum Gasteiger partial charge on any atom is 0.247 e. The highest BCUT2D eigenvalue weighted by molar-refractivity contribution is 7.13. The van der Waals surface area contributed by atoms with Gasteiger partial charge in [0.15, 0.2) is 0 Å². The molecule has 0 aliphatic rings. The van der Waals surface area contributed by atoms with E-state index in [1.165, 1.54) is 0 Å². The van der Waals surface area contributed by atoms with E-state index in [0.29, 0.717) is 28.8 Å². The molecule has 0 atom stereocenters. The molecule has 0 spiro atoms. The van der Waals surface area contributed by atoms with Crippen LogP contribution < -0.4 is 14.2 Å². The molecule has 5 nitrogen and oxygen atoms in total. The summed E-state index contributed by atoms with van der Waals surface area (Å²) in [6.07, 6.45) is 0. The van der Waals surface area contributed by atoms with Crippen LogP contribution in [0.3, 0.4) is 0 Å². The first-order valence-corrected chi connectivity index (χ1v) is 10.3. The summed E-state index contributed by atoms with van der Waals surface area (Å²) in [6.45, 7) is 0. The van der Waals surface area contributed by atoms with Gasteiger partial charge in [0.1, 0.15) is 22.9 Å². The van der Waals surface area contributed by atoms with Crippen molar-refractivity contribution in [3.05, 3.63) is 72.1 Å². The molecule has 0 unspecified atom stereocenters. The molecule has 0 saturated carbocycles. The lowest BCUT2D eigenvalue weighted by Crippen LogP contribution is -1.97. The summed E-state index contributed by atoms with van der Waals surface area (Å²) in [7, 11) is 3.22. The number of hydrogen-bond donors (Lipinski definition) is 0. The number of aromatic nitrogens is 2. The van der Waals surface area contributed by atoms with Crippen molar-refractivity contribution in [3.63, 3.8) is 0 Å². The molecule has 0 fully saturated rings. The number of ether oxygens (including phenoxy) is 3. The van der Waals surface area contributed by atoms with Crippen molar-refractivity contribution in [1.29, 1.82) is 0 Å². The molecule has 0 saturated heterocycles. The van der Waals surface area contributed by atoms with Crippen LogP contribution in [0.1, 0.15) is 0 Å². The fraction of sp³-hybridized carbons (Fsp3) is 0.0833. The SMILES string of the molecule is COc1cc(OC)cc(Oc2nc3cc4ccccc4cc3nc2-c2cccs2)c1. The van der Waals surface area contributed by atoms with Crippen LogP contribution >= 0.6 is 11.3 Å². The molecule has 0 radical (unpaired) electrons. The molecule has 148 valence electrons. The highest BCUT2D eigenvalue weighted by atomic mass is 32.1. The Kier molecular flexibility index (Phi) is 4.69. The van der Waals surface area contributed by atoms with E-state index in [1.54, 1.807) is 43.8 Å². The Morgan fingerprint density at radius 1 is 0.700 bits per heavy atom. The predicted octanol–water partition coefficient (Wildman–Crippen LogP) is 6.32. The summed E-state index contributed by atoms with van der Waals surface area (Å²) in [5, 5.41) is 4.25. The van der Waals surface area contributed by atoms with Gasteiger partial charge >= 0.3 is 0 Å². The summed E-state index contributed by atoms with van der Waals surface area (Å²) in [5.41, 5.74) is 2.31. The summed E-state index contributed by atoms with van der Waals surface area (Å²) in [4.78, 5) is 10.7. The van der Waals surface area contributed by atoms with E-state index in [0.717, 1.165) is 26.7 Å². The van der Waals surface area contributed by atoms with Gasteiger partial charge < -0.3 is 14.2 Å². The smallest absolute Gasteiger partial charge is 0.247 e. The van der Waals surface area contributed by atoms with Crippen molar-refractivity contribution in [1.82, 2.24) is 9.97 Å². The fourth-order valence-electron chi connectivity index (χ4n) is 3.32. The summed E-state index contributed by atoms with van der Waals surface area (Å²) < 4.78 is 16.9. The Labute approximate surface area is 177 Å². The minimum Gasteiger partial charge on any atom is -0.496 e. The number of fused-ring (bicyclic) bond motifs is 2. The number of thiophene rings is 1. The third-order valence-corrected chi connectivity index (χ3v) is 5.67. The maximum absolute atomic E-state index is 6.21. The lowest BCUT2D eigenvalue weighted by Gasteiger charge is -2.12. The van der Waals surface area contributed by atoms with Gasteiger partial charge in [-0.05, 0) is 34.4 Å². The fourth-order valence-corrected chi connectivity index (χ4v) is 4.03. The van der Waals surface area contributed by atoms with Gasteiger partial charge in [0, 0.05) is 18.2 Å². The average molecular weight is 414 g/mol. The van der Waals surface area contributed by atoms with Crippen molar-refractivity contribution in [3.8, 4) is 33.7 Å². The molecule has 3 aromatic carbocycles. The van der Waals surface area contributed by atoms with E-state index in [-0.39, 0.29) is 0 Å². The van der Waals surface area contributed by atoms with Gasteiger partial charge in [-0.2, -0.15) is 0 Å². The zero-order chi connectivity index (χ0) is 20.5. The maximum atomic E-state index is 6.21. The average Bonchev–Trinajstić information content (AvgIpc) is 3.31. The molecule has 6 heteroatoms. The molecule has 5 rings (SSSR count). The Hall–Kier alpha value is -3.64. The zero-order valence-electron chi connectivity index (χ0n) is 16.5. The van der Waals surface area contributed by atoms with Crippen LogP contribution in [-0.4, -0.2) is 24.2 Å². The monoisotopic (exact) mass is 414 g/mol. The molecule has 30 heavy (non-hydrogen) atoms. The van der Waals surface area contributed by atoms with Crippen molar-refractivity contribution < 1.29 is 14.2 Å². The summed E-state index contributed by atoms with van der Waals surface area (Å²) in [5.74, 6) is 2.29. The van der Waals surface area contributed by atoms with Crippen molar-refractivity contribution in [2.45, 2.75) is 0 Å². The molecule has 0 N–H and O–H groups in total. The number of benzene rings is 3. The molecule has 2 aromatic heterocycles. The Bertz CT molecular complexity index is 1330. The van der Waals surface area contributed by atoms with E-state index >= 15 is 0 Å². The van der Waals surface area contributed by atoms with Gasteiger partial charge in [-0.1, -0.05) is 30.3 Å². The van der Waals surface area contributed by atoms with E-state index in [9.17, 15) is 0 Å². The van der Waals surface area contributed by atoms with E-state index in [4.69, 9.17) is 24.2 Å². The predicted molar refractivity (Wildman–Crippen MR) is 120 cm³/mol. The van der Waals surface area contributed by atoms with Crippen LogP contribution in [0.15, 0.2) is 72.1 Å². The van der Waals surface area contributed by atoms with Gasteiger partial charge in [-0.15, -0.1) is 11.3 Å². The number of hydrogen-bond acceptors (Lipinski definition) is 6. The van der Waals surface area contributed by atoms with E-state index < -0.39 is 0 Å². The first kappa shape index (κ1) is 18.4. The Balaban J connectivity index is 1.69. The second-order valence-corrected chi connectivity index (χ2v) is 7.64.